The lowest BCUT2D eigenvalue weighted by atomic mass is 10.1. The summed E-state index contributed by atoms with van der Waals surface area (Å²) >= 11 is 0. The van der Waals surface area contributed by atoms with Crippen LogP contribution in [0.4, 0.5) is 11.4 Å². The molecule has 0 bridgehead atoms. The van der Waals surface area contributed by atoms with Gasteiger partial charge < -0.3 is 14.4 Å². The topological polar surface area (TPSA) is 55.8 Å². The van der Waals surface area contributed by atoms with Gasteiger partial charge in [-0.05, 0) is 24.3 Å². The number of nitrogens with zero attached hydrogens (tertiary/aromatic N) is 1. The van der Waals surface area contributed by atoms with Crippen molar-refractivity contribution in [1.29, 1.82) is 0 Å². The van der Waals surface area contributed by atoms with Gasteiger partial charge in [-0.2, -0.15) is 0 Å². The number of rotatable bonds is 5. The number of para-hydroxylation sites is 2. The molecule has 0 aliphatic heterocycles. The van der Waals surface area contributed by atoms with Crippen molar-refractivity contribution in [3.63, 3.8) is 0 Å². The molecule has 0 heterocycles. The van der Waals surface area contributed by atoms with E-state index in [1.165, 1.54) is 14.2 Å². The zero-order valence-electron chi connectivity index (χ0n) is 12.5. The second-order valence-corrected chi connectivity index (χ2v) is 4.51. The van der Waals surface area contributed by atoms with Crippen LogP contribution in [0.1, 0.15) is 10.4 Å². The molecule has 2 aromatic rings. The average molecular weight is 299 g/mol. The molecule has 5 heteroatoms. The van der Waals surface area contributed by atoms with Gasteiger partial charge >= 0.3 is 11.9 Å². The zero-order valence-corrected chi connectivity index (χ0v) is 12.5. The normalized spacial score (nSPS) is 9.91. The maximum absolute atomic E-state index is 12.0. The predicted octanol–water partition coefficient (Wildman–Crippen LogP) is 2.78. The maximum atomic E-state index is 12.0. The van der Waals surface area contributed by atoms with Crippen LogP contribution in [-0.2, 0) is 14.3 Å². The number of anilines is 2. The third kappa shape index (κ3) is 3.44. The van der Waals surface area contributed by atoms with Crippen LogP contribution in [0.3, 0.4) is 0 Å². The van der Waals surface area contributed by atoms with Gasteiger partial charge in [-0.1, -0.05) is 30.3 Å². The van der Waals surface area contributed by atoms with Gasteiger partial charge in [-0.3, -0.25) is 4.79 Å². The molecule has 0 aliphatic carbocycles. The van der Waals surface area contributed by atoms with Crippen LogP contribution < -0.4 is 4.90 Å². The molecule has 0 atom stereocenters. The summed E-state index contributed by atoms with van der Waals surface area (Å²) in [5.41, 5.74) is 1.76. The monoisotopic (exact) mass is 299 g/mol. The smallest absolute Gasteiger partial charge is 0.339 e. The first kappa shape index (κ1) is 15.6. The summed E-state index contributed by atoms with van der Waals surface area (Å²) in [6, 6.07) is 16.3. The highest BCUT2D eigenvalue weighted by Crippen LogP contribution is 2.28. The van der Waals surface area contributed by atoms with Crippen molar-refractivity contribution in [3.05, 3.63) is 60.2 Å². The SMILES string of the molecule is COC(=O)CN(c1ccccc1)c1ccccc1C(=O)OC. The van der Waals surface area contributed by atoms with Crippen molar-refractivity contribution >= 4 is 23.3 Å². The van der Waals surface area contributed by atoms with Gasteiger partial charge in [0, 0.05) is 5.69 Å². The Hall–Kier alpha value is -2.82. The molecule has 0 radical (unpaired) electrons. The lowest BCUT2D eigenvalue weighted by Crippen LogP contribution is -2.27. The maximum Gasteiger partial charge on any atom is 0.339 e. The minimum absolute atomic E-state index is 0.00544. The van der Waals surface area contributed by atoms with Crippen LogP contribution in [-0.4, -0.2) is 32.7 Å². The van der Waals surface area contributed by atoms with Crippen molar-refractivity contribution in [2.24, 2.45) is 0 Å². The summed E-state index contributed by atoms with van der Waals surface area (Å²) in [5, 5.41) is 0. The molecule has 0 saturated heterocycles. The fourth-order valence-electron chi connectivity index (χ4n) is 2.11. The Labute approximate surface area is 129 Å². The molecule has 0 aliphatic rings. The lowest BCUT2D eigenvalue weighted by molar-refractivity contribution is -0.138. The second kappa shape index (κ2) is 7.26. The quantitative estimate of drug-likeness (QED) is 0.795. The fraction of sp³-hybridized carbons (Fsp3) is 0.176. The molecule has 0 aromatic heterocycles. The van der Waals surface area contributed by atoms with Gasteiger partial charge in [0.1, 0.15) is 6.54 Å². The van der Waals surface area contributed by atoms with E-state index in [1.807, 2.05) is 30.3 Å². The third-order valence-electron chi connectivity index (χ3n) is 3.18. The molecule has 114 valence electrons. The number of esters is 2. The van der Waals surface area contributed by atoms with Crippen molar-refractivity contribution in [2.45, 2.75) is 0 Å². The van der Waals surface area contributed by atoms with Crippen molar-refractivity contribution in [1.82, 2.24) is 0 Å². The van der Waals surface area contributed by atoms with E-state index < -0.39 is 11.9 Å². The molecule has 5 nitrogen and oxygen atoms in total. The molecule has 0 fully saturated rings. The summed E-state index contributed by atoms with van der Waals surface area (Å²) in [6.45, 7) is -0.00544. The van der Waals surface area contributed by atoms with Crippen LogP contribution in [0.25, 0.3) is 0 Å². The van der Waals surface area contributed by atoms with Crippen LogP contribution in [0.5, 0.6) is 0 Å². The average Bonchev–Trinajstić information content (AvgIpc) is 2.59. The van der Waals surface area contributed by atoms with E-state index in [1.54, 1.807) is 29.2 Å². The van der Waals surface area contributed by atoms with E-state index in [4.69, 9.17) is 9.47 Å². The third-order valence-corrected chi connectivity index (χ3v) is 3.18. The number of hydrogen-bond acceptors (Lipinski definition) is 5. The standard InChI is InChI=1S/C17H17NO4/c1-21-16(19)12-18(13-8-4-3-5-9-13)15-11-7-6-10-14(15)17(20)22-2/h3-11H,12H2,1-2H3. The molecule has 0 N–H and O–H groups in total. The highest BCUT2D eigenvalue weighted by molar-refractivity contribution is 5.97. The molecule has 0 unspecified atom stereocenters. The Balaban J connectivity index is 2.50. The Morgan fingerprint density at radius 1 is 0.909 bits per heavy atom. The molecule has 0 amide bonds. The first-order valence-electron chi connectivity index (χ1n) is 6.74. The number of methoxy groups -OCH3 is 2. The summed E-state index contributed by atoms with van der Waals surface area (Å²) in [7, 11) is 2.66. The van der Waals surface area contributed by atoms with Crippen LogP contribution in [0.15, 0.2) is 54.6 Å². The predicted molar refractivity (Wildman–Crippen MR) is 83.2 cm³/mol. The number of carbonyl (C=O) groups is 2. The van der Waals surface area contributed by atoms with E-state index >= 15 is 0 Å². The fourth-order valence-corrected chi connectivity index (χ4v) is 2.11. The zero-order chi connectivity index (χ0) is 15.9. The second-order valence-electron chi connectivity index (χ2n) is 4.51. The van der Waals surface area contributed by atoms with Crippen molar-refractivity contribution in [3.8, 4) is 0 Å². The Bertz CT molecular complexity index is 655. The van der Waals surface area contributed by atoms with Crippen molar-refractivity contribution in [2.75, 3.05) is 25.7 Å². The molecule has 2 rings (SSSR count). The molecular weight excluding hydrogens is 282 g/mol. The molecule has 2 aromatic carbocycles. The van der Waals surface area contributed by atoms with E-state index in [-0.39, 0.29) is 6.54 Å². The number of ether oxygens (including phenoxy) is 2. The summed E-state index contributed by atoms with van der Waals surface area (Å²) in [6.07, 6.45) is 0. The summed E-state index contributed by atoms with van der Waals surface area (Å²) in [4.78, 5) is 25.4. The molecule has 0 spiro atoms. The molecular formula is C17H17NO4. The Morgan fingerprint density at radius 2 is 1.55 bits per heavy atom. The number of benzene rings is 2. The van der Waals surface area contributed by atoms with E-state index in [9.17, 15) is 9.59 Å². The van der Waals surface area contributed by atoms with Gasteiger partial charge in [0.25, 0.3) is 0 Å². The first-order valence-corrected chi connectivity index (χ1v) is 6.74. The Morgan fingerprint density at radius 3 is 2.18 bits per heavy atom. The summed E-state index contributed by atoms with van der Waals surface area (Å²) < 4.78 is 9.57. The lowest BCUT2D eigenvalue weighted by Gasteiger charge is -2.25. The van der Waals surface area contributed by atoms with Crippen molar-refractivity contribution < 1.29 is 19.1 Å². The minimum Gasteiger partial charge on any atom is -0.468 e. The van der Waals surface area contributed by atoms with Gasteiger partial charge in [0.05, 0.1) is 25.5 Å². The largest absolute Gasteiger partial charge is 0.468 e. The van der Waals surface area contributed by atoms with Gasteiger partial charge in [0.2, 0.25) is 0 Å². The minimum atomic E-state index is -0.457. The molecule has 0 saturated carbocycles. The summed E-state index contributed by atoms with van der Waals surface area (Å²) in [5.74, 6) is -0.857. The van der Waals surface area contributed by atoms with Crippen LogP contribution in [0, 0.1) is 0 Å². The van der Waals surface area contributed by atoms with Crippen LogP contribution >= 0.6 is 0 Å². The highest BCUT2D eigenvalue weighted by atomic mass is 16.5. The highest BCUT2D eigenvalue weighted by Gasteiger charge is 2.20. The first-order chi connectivity index (χ1) is 10.7. The van der Waals surface area contributed by atoms with Crippen LogP contribution in [0.2, 0.25) is 0 Å². The van der Waals surface area contributed by atoms with E-state index in [0.29, 0.717) is 11.3 Å². The van der Waals surface area contributed by atoms with E-state index in [0.717, 1.165) is 5.69 Å². The Kier molecular flexibility index (Phi) is 5.14. The number of carbonyl (C=O) groups excluding carboxylic acids is 2. The van der Waals surface area contributed by atoms with Gasteiger partial charge in [0.15, 0.2) is 0 Å². The molecule has 22 heavy (non-hydrogen) atoms. The van der Waals surface area contributed by atoms with Gasteiger partial charge in [-0.15, -0.1) is 0 Å². The van der Waals surface area contributed by atoms with E-state index in [2.05, 4.69) is 0 Å². The number of hydrogen-bond donors (Lipinski definition) is 0. The van der Waals surface area contributed by atoms with Gasteiger partial charge in [-0.25, -0.2) is 4.79 Å².